The molecule has 1 atom stereocenters. The van der Waals surface area contributed by atoms with Crippen molar-refractivity contribution in [1.29, 1.82) is 0 Å². The summed E-state index contributed by atoms with van der Waals surface area (Å²) in [5.41, 5.74) is 1.08. The van der Waals surface area contributed by atoms with Crippen molar-refractivity contribution < 1.29 is 13.5 Å². The van der Waals surface area contributed by atoms with Crippen LogP contribution in [0.15, 0.2) is 27.8 Å². The first kappa shape index (κ1) is 14.6. The van der Waals surface area contributed by atoms with E-state index >= 15 is 0 Å². The summed E-state index contributed by atoms with van der Waals surface area (Å²) < 4.78 is 26.1. The van der Waals surface area contributed by atoms with E-state index in [1.165, 1.54) is 23.9 Å². The molecule has 7 nitrogen and oxygen atoms in total. The van der Waals surface area contributed by atoms with E-state index in [1.54, 1.807) is 10.7 Å². The Kier molecular flexibility index (Phi) is 3.96. The lowest BCUT2D eigenvalue weighted by molar-refractivity contribution is 0.0912. The first-order valence-electron chi connectivity index (χ1n) is 7.33. The number of fused-ring (bicyclic) bond motifs is 1. The Bertz CT molecular complexity index is 814. The van der Waals surface area contributed by atoms with Crippen LogP contribution in [0.2, 0.25) is 0 Å². The molecular weight excluding hydrogens is 321 g/mol. The van der Waals surface area contributed by atoms with E-state index in [2.05, 4.69) is 20.5 Å². The van der Waals surface area contributed by atoms with Gasteiger partial charge >= 0.3 is 0 Å². The first-order valence-corrected chi connectivity index (χ1v) is 8.32. The average Bonchev–Trinajstić information content (AvgIpc) is 3.26. The number of aromatic nitrogens is 5. The predicted molar refractivity (Wildman–Crippen MR) is 80.3 cm³/mol. The quantitative estimate of drug-likeness (QED) is 0.663. The Morgan fingerprint density at radius 1 is 1.39 bits per heavy atom. The van der Waals surface area contributed by atoms with Crippen molar-refractivity contribution in [2.75, 3.05) is 6.61 Å². The number of ether oxygens (including phenoxy) is 1. The maximum Gasteiger partial charge on any atom is 0.209 e. The molecule has 0 radical (unpaired) electrons. The lowest BCUT2D eigenvalue weighted by Gasteiger charge is -2.09. The van der Waals surface area contributed by atoms with Gasteiger partial charge in [0.25, 0.3) is 0 Å². The lowest BCUT2D eigenvalue weighted by atomic mass is 10.2. The fourth-order valence-corrected chi connectivity index (χ4v) is 3.26. The second-order valence-corrected chi connectivity index (χ2v) is 6.23. The summed E-state index contributed by atoms with van der Waals surface area (Å²) in [5, 5.41) is 12.4. The fourth-order valence-electron chi connectivity index (χ4n) is 2.53. The molecule has 3 heterocycles. The second-order valence-electron chi connectivity index (χ2n) is 5.29. The zero-order chi connectivity index (χ0) is 15.6. The van der Waals surface area contributed by atoms with Crippen LogP contribution in [0.5, 0.6) is 0 Å². The monoisotopic (exact) mass is 335 g/mol. The van der Waals surface area contributed by atoms with Crippen molar-refractivity contribution in [2.45, 2.75) is 36.4 Å². The van der Waals surface area contributed by atoms with Gasteiger partial charge in [0.1, 0.15) is 11.3 Å². The average molecular weight is 335 g/mol. The summed E-state index contributed by atoms with van der Waals surface area (Å²) in [5.74, 6) is 0.651. The summed E-state index contributed by atoms with van der Waals surface area (Å²) in [7, 11) is 0. The molecule has 1 aromatic carbocycles. The first-order chi connectivity index (χ1) is 11.3. The molecule has 4 rings (SSSR count). The molecule has 1 fully saturated rings. The molecule has 0 amide bonds. The van der Waals surface area contributed by atoms with Gasteiger partial charge in [-0.1, -0.05) is 11.8 Å². The van der Waals surface area contributed by atoms with Crippen LogP contribution in [0, 0.1) is 5.82 Å². The SMILES string of the molecule is Fc1ccc2nc(CSc3nnnn3C[C@@H]3CCCO3)oc2c1. The third kappa shape index (κ3) is 3.20. The van der Waals surface area contributed by atoms with E-state index < -0.39 is 0 Å². The minimum Gasteiger partial charge on any atom is -0.440 e. The van der Waals surface area contributed by atoms with Gasteiger partial charge in [0, 0.05) is 12.7 Å². The molecule has 9 heteroatoms. The molecule has 0 spiro atoms. The maximum absolute atomic E-state index is 13.2. The highest BCUT2D eigenvalue weighted by Crippen LogP contribution is 2.24. The molecule has 0 aliphatic carbocycles. The van der Waals surface area contributed by atoms with Gasteiger partial charge in [0.2, 0.25) is 11.0 Å². The summed E-state index contributed by atoms with van der Waals surface area (Å²) in [6.07, 6.45) is 2.28. The number of tetrazole rings is 1. The van der Waals surface area contributed by atoms with E-state index in [1.807, 2.05) is 0 Å². The molecule has 3 aromatic rings. The van der Waals surface area contributed by atoms with Crippen LogP contribution in [0.25, 0.3) is 11.1 Å². The number of halogens is 1. The van der Waals surface area contributed by atoms with Crippen LogP contribution in [-0.2, 0) is 17.0 Å². The highest BCUT2D eigenvalue weighted by atomic mass is 32.2. The fraction of sp³-hybridized carbons (Fsp3) is 0.429. The van der Waals surface area contributed by atoms with Gasteiger partial charge in [0.05, 0.1) is 18.4 Å². The number of oxazole rings is 1. The van der Waals surface area contributed by atoms with E-state index in [-0.39, 0.29) is 11.9 Å². The summed E-state index contributed by atoms with van der Waals surface area (Å²) in [6.45, 7) is 1.45. The number of rotatable bonds is 5. The topological polar surface area (TPSA) is 78.9 Å². The Morgan fingerprint density at radius 3 is 3.22 bits per heavy atom. The molecule has 1 aliphatic heterocycles. The van der Waals surface area contributed by atoms with Crippen LogP contribution in [-0.4, -0.2) is 37.9 Å². The van der Waals surface area contributed by atoms with Gasteiger partial charge in [-0.15, -0.1) is 5.10 Å². The van der Waals surface area contributed by atoms with Crippen LogP contribution in [0.1, 0.15) is 18.7 Å². The standard InChI is InChI=1S/C14H14FN5O2S/c15-9-3-4-11-12(6-9)22-13(16-11)8-23-14-17-18-19-20(14)7-10-2-1-5-21-10/h3-4,6,10H,1-2,5,7-8H2/t10-/m0/s1. The van der Waals surface area contributed by atoms with Gasteiger partial charge in [-0.2, -0.15) is 0 Å². The lowest BCUT2D eigenvalue weighted by Crippen LogP contribution is -2.16. The van der Waals surface area contributed by atoms with Gasteiger partial charge in [0.15, 0.2) is 5.58 Å². The molecule has 23 heavy (non-hydrogen) atoms. The minimum atomic E-state index is -0.339. The molecular formula is C14H14FN5O2S. The van der Waals surface area contributed by atoms with Crippen molar-refractivity contribution in [2.24, 2.45) is 0 Å². The van der Waals surface area contributed by atoms with Gasteiger partial charge in [-0.25, -0.2) is 14.1 Å². The van der Waals surface area contributed by atoms with Gasteiger partial charge in [-0.3, -0.25) is 0 Å². The maximum atomic E-state index is 13.2. The molecule has 0 unspecified atom stereocenters. The van der Waals surface area contributed by atoms with Crippen LogP contribution in [0.4, 0.5) is 4.39 Å². The van der Waals surface area contributed by atoms with Crippen molar-refractivity contribution in [3.63, 3.8) is 0 Å². The molecule has 1 saturated heterocycles. The normalized spacial score (nSPS) is 18.0. The van der Waals surface area contributed by atoms with Crippen LogP contribution >= 0.6 is 11.8 Å². The number of hydrogen-bond acceptors (Lipinski definition) is 7. The Labute approximate surface area is 135 Å². The van der Waals surface area contributed by atoms with E-state index in [0.717, 1.165) is 19.4 Å². The molecule has 0 N–H and O–H groups in total. The zero-order valence-electron chi connectivity index (χ0n) is 12.2. The van der Waals surface area contributed by atoms with Crippen molar-refractivity contribution in [3.05, 3.63) is 29.9 Å². The smallest absolute Gasteiger partial charge is 0.209 e. The molecule has 1 aliphatic rings. The van der Waals surface area contributed by atoms with Crippen molar-refractivity contribution in [1.82, 2.24) is 25.2 Å². The molecule has 120 valence electrons. The molecule has 0 bridgehead atoms. The summed E-state index contributed by atoms with van der Waals surface area (Å²) in [6, 6.07) is 4.30. The Balaban J connectivity index is 1.44. The number of benzene rings is 1. The number of nitrogens with zero attached hydrogens (tertiary/aromatic N) is 5. The number of thioether (sulfide) groups is 1. The van der Waals surface area contributed by atoms with Crippen molar-refractivity contribution >= 4 is 22.9 Å². The van der Waals surface area contributed by atoms with E-state index in [0.29, 0.717) is 34.4 Å². The number of hydrogen-bond donors (Lipinski definition) is 0. The Hall–Kier alpha value is -2.00. The summed E-state index contributed by atoms with van der Waals surface area (Å²) in [4.78, 5) is 4.33. The van der Waals surface area contributed by atoms with Crippen molar-refractivity contribution in [3.8, 4) is 0 Å². The highest BCUT2D eigenvalue weighted by molar-refractivity contribution is 7.98. The summed E-state index contributed by atoms with van der Waals surface area (Å²) >= 11 is 1.43. The highest BCUT2D eigenvalue weighted by Gasteiger charge is 2.19. The third-order valence-electron chi connectivity index (χ3n) is 3.62. The predicted octanol–water partition coefficient (Wildman–Crippen LogP) is 2.42. The van der Waals surface area contributed by atoms with Gasteiger partial charge in [-0.05, 0) is 35.4 Å². The van der Waals surface area contributed by atoms with Crippen LogP contribution in [0.3, 0.4) is 0 Å². The Morgan fingerprint density at radius 2 is 2.35 bits per heavy atom. The van der Waals surface area contributed by atoms with E-state index in [4.69, 9.17) is 9.15 Å². The largest absolute Gasteiger partial charge is 0.440 e. The zero-order valence-corrected chi connectivity index (χ0v) is 13.0. The third-order valence-corrected chi connectivity index (χ3v) is 4.56. The molecule has 0 saturated carbocycles. The van der Waals surface area contributed by atoms with E-state index in [9.17, 15) is 4.39 Å². The van der Waals surface area contributed by atoms with Crippen LogP contribution < -0.4 is 0 Å². The molecule has 2 aromatic heterocycles. The second kappa shape index (κ2) is 6.25. The minimum absolute atomic E-state index is 0.171. The van der Waals surface area contributed by atoms with Gasteiger partial charge < -0.3 is 9.15 Å².